The van der Waals surface area contributed by atoms with Gasteiger partial charge in [0.2, 0.25) is 5.91 Å². The quantitative estimate of drug-likeness (QED) is 0.921. The highest BCUT2D eigenvalue weighted by molar-refractivity contribution is 6.05. The summed E-state index contributed by atoms with van der Waals surface area (Å²) in [4.78, 5) is 25.5. The van der Waals surface area contributed by atoms with Gasteiger partial charge in [0.15, 0.2) is 0 Å². The van der Waals surface area contributed by atoms with E-state index >= 15 is 0 Å². The summed E-state index contributed by atoms with van der Waals surface area (Å²) in [6.45, 7) is 1.85. The fraction of sp³-hybridized carbons (Fsp3) is 0.333. The summed E-state index contributed by atoms with van der Waals surface area (Å²) in [7, 11) is 0. The number of rotatable bonds is 5. The van der Waals surface area contributed by atoms with E-state index in [9.17, 15) is 14.7 Å². The molecule has 0 radical (unpaired) electrons. The van der Waals surface area contributed by atoms with Gasteiger partial charge in [0.1, 0.15) is 0 Å². The number of carbonyl (C=O) groups excluding carboxylic acids is 1. The number of anilines is 1. The average Bonchev–Trinajstić information content (AvgIpc) is 3.36. The number of fused-ring (bicyclic) bond motifs is 1. The Morgan fingerprint density at radius 2 is 1.86 bits per heavy atom. The van der Waals surface area contributed by atoms with Crippen molar-refractivity contribution in [3.8, 4) is 0 Å². The van der Waals surface area contributed by atoms with E-state index in [1.807, 2.05) is 42.5 Å². The molecule has 0 aromatic heterocycles. The Morgan fingerprint density at radius 3 is 2.55 bits per heavy atom. The zero-order valence-corrected chi connectivity index (χ0v) is 12.5. The molecule has 22 heavy (non-hydrogen) atoms. The molecule has 1 amide bonds. The van der Waals surface area contributed by atoms with Crippen LogP contribution in [-0.4, -0.2) is 23.5 Å². The predicted molar refractivity (Wildman–Crippen MR) is 85.8 cm³/mol. The molecule has 2 aromatic carbocycles. The van der Waals surface area contributed by atoms with Crippen molar-refractivity contribution in [2.45, 2.75) is 19.8 Å². The third-order valence-electron chi connectivity index (χ3n) is 4.13. The first-order valence-electron chi connectivity index (χ1n) is 7.60. The van der Waals surface area contributed by atoms with Crippen LogP contribution < -0.4 is 4.90 Å². The van der Waals surface area contributed by atoms with E-state index in [0.717, 1.165) is 29.3 Å². The van der Waals surface area contributed by atoms with E-state index < -0.39 is 11.9 Å². The number of carboxylic acids is 1. The Labute approximate surface area is 129 Å². The van der Waals surface area contributed by atoms with Gasteiger partial charge in [-0.1, -0.05) is 43.3 Å². The number of carbonyl (C=O) groups is 2. The molecule has 0 saturated heterocycles. The number of hydrogen-bond acceptors (Lipinski definition) is 2. The summed E-state index contributed by atoms with van der Waals surface area (Å²) in [5, 5.41) is 11.2. The van der Waals surface area contributed by atoms with E-state index in [0.29, 0.717) is 0 Å². The van der Waals surface area contributed by atoms with Gasteiger partial charge in [0.05, 0.1) is 11.6 Å². The third kappa shape index (κ3) is 2.82. The van der Waals surface area contributed by atoms with Crippen LogP contribution in [0, 0.1) is 11.8 Å². The molecule has 114 valence electrons. The molecule has 1 saturated carbocycles. The standard InChI is InChI=1S/C18H19NO3/c1-12(18(21)22)11-19(17(20)14-9-10-14)16-8-4-6-13-5-2-3-7-15(13)16/h2-8,12,14H,9-11H2,1H3,(H,21,22). The zero-order chi connectivity index (χ0) is 15.7. The Kier molecular flexibility index (Phi) is 3.84. The number of nitrogens with zero attached hydrogens (tertiary/aromatic N) is 1. The second-order valence-electron chi connectivity index (χ2n) is 5.96. The van der Waals surface area contributed by atoms with Crippen molar-refractivity contribution in [2.75, 3.05) is 11.4 Å². The zero-order valence-electron chi connectivity index (χ0n) is 12.5. The van der Waals surface area contributed by atoms with Gasteiger partial charge >= 0.3 is 5.97 Å². The van der Waals surface area contributed by atoms with Crippen LogP contribution in [0.2, 0.25) is 0 Å². The largest absolute Gasteiger partial charge is 0.481 e. The SMILES string of the molecule is CC(CN(C(=O)C1CC1)c1cccc2ccccc12)C(=O)O. The molecule has 0 spiro atoms. The molecule has 1 aliphatic rings. The summed E-state index contributed by atoms with van der Waals surface area (Å²) in [6, 6.07) is 13.7. The van der Waals surface area contributed by atoms with Crippen LogP contribution >= 0.6 is 0 Å². The van der Waals surface area contributed by atoms with Gasteiger partial charge in [-0.3, -0.25) is 9.59 Å². The summed E-state index contributed by atoms with van der Waals surface area (Å²) in [5.41, 5.74) is 0.808. The third-order valence-corrected chi connectivity index (χ3v) is 4.13. The maximum absolute atomic E-state index is 12.6. The van der Waals surface area contributed by atoms with Gasteiger partial charge in [0.25, 0.3) is 0 Å². The molecule has 0 heterocycles. The minimum absolute atomic E-state index is 0.0458. The summed E-state index contributed by atoms with van der Waals surface area (Å²) in [5.74, 6) is -1.38. The first-order chi connectivity index (χ1) is 10.6. The second kappa shape index (κ2) is 5.79. The van der Waals surface area contributed by atoms with Crippen molar-refractivity contribution in [3.05, 3.63) is 42.5 Å². The summed E-state index contributed by atoms with van der Waals surface area (Å²) < 4.78 is 0. The molecule has 1 unspecified atom stereocenters. The number of amides is 1. The molecular formula is C18H19NO3. The summed E-state index contributed by atoms with van der Waals surface area (Å²) in [6.07, 6.45) is 1.81. The average molecular weight is 297 g/mol. The van der Waals surface area contributed by atoms with Gasteiger partial charge in [-0.25, -0.2) is 0 Å². The van der Waals surface area contributed by atoms with Crippen LogP contribution in [0.4, 0.5) is 5.69 Å². The molecule has 3 rings (SSSR count). The van der Waals surface area contributed by atoms with Crippen molar-refractivity contribution in [1.82, 2.24) is 0 Å². The number of aliphatic carboxylic acids is 1. The van der Waals surface area contributed by atoms with Crippen molar-refractivity contribution in [2.24, 2.45) is 11.8 Å². The lowest BCUT2D eigenvalue weighted by molar-refractivity contribution is -0.140. The maximum atomic E-state index is 12.6. The van der Waals surface area contributed by atoms with Crippen molar-refractivity contribution < 1.29 is 14.7 Å². The number of carboxylic acid groups (broad SMARTS) is 1. The second-order valence-corrected chi connectivity index (χ2v) is 5.96. The molecule has 1 fully saturated rings. The van der Waals surface area contributed by atoms with Crippen molar-refractivity contribution >= 4 is 28.3 Å². The van der Waals surface area contributed by atoms with Crippen LogP contribution in [0.3, 0.4) is 0 Å². The molecule has 0 bridgehead atoms. The highest BCUT2D eigenvalue weighted by Crippen LogP contribution is 2.35. The van der Waals surface area contributed by atoms with Crippen molar-refractivity contribution in [1.29, 1.82) is 0 Å². The lowest BCUT2D eigenvalue weighted by atomic mass is 10.1. The van der Waals surface area contributed by atoms with Crippen LogP contribution in [-0.2, 0) is 9.59 Å². The van der Waals surface area contributed by atoms with Crippen molar-refractivity contribution in [3.63, 3.8) is 0 Å². The first kappa shape index (κ1) is 14.6. The molecule has 0 aliphatic heterocycles. The first-order valence-corrected chi connectivity index (χ1v) is 7.60. The molecule has 2 aromatic rings. The minimum Gasteiger partial charge on any atom is -0.481 e. The van der Waals surface area contributed by atoms with Crippen LogP contribution in [0.15, 0.2) is 42.5 Å². The van der Waals surface area contributed by atoms with E-state index in [4.69, 9.17) is 0 Å². The van der Waals surface area contributed by atoms with E-state index in [1.54, 1.807) is 11.8 Å². The lowest BCUT2D eigenvalue weighted by Crippen LogP contribution is -2.38. The minimum atomic E-state index is -0.881. The lowest BCUT2D eigenvalue weighted by Gasteiger charge is -2.26. The Morgan fingerprint density at radius 1 is 1.18 bits per heavy atom. The van der Waals surface area contributed by atoms with Gasteiger partial charge in [-0.05, 0) is 24.3 Å². The maximum Gasteiger partial charge on any atom is 0.308 e. The van der Waals surface area contributed by atoms with Gasteiger partial charge in [-0.2, -0.15) is 0 Å². The van der Waals surface area contributed by atoms with E-state index in [-0.39, 0.29) is 18.4 Å². The number of hydrogen-bond donors (Lipinski definition) is 1. The molecular weight excluding hydrogens is 278 g/mol. The topological polar surface area (TPSA) is 57.6 Å². The van der Waals surface area contributed by atoms with Crippen LogP contribution in [0.25, 0.3) is 10.8 Å². The van der Waals surface area contributed by atoms with Gasteiger partial charge in [0, 0.05) is 17.8 Å². The van der Waals surface area contributed by atoms with E-state index in [2.05, 4.69) is 0 Å². The molecule has 4 nitrogen and oxygen atoms in total. The summed E-state index contributed by atoms with van der Waals surface area (Å²) >= 11 is 0. The highest BCUT2D eigenvalue weighted by Gasteiger charge is 2.35. The number of benzene rings is 2. The Hall–Kier alpha value is -2.36. The molecule has 1 N–H and O–H groups in total. The molecule has 1 aliphatic carbocycles. The van der Waals surface area contributed by atoms with E-state index in [1.165, 1.54) is 0 Å². The van der Waals surface area contributed by atoms with Crippen LogP contribution in [0.1, 0.15) is 19.8 Å². The van der Waals surface area contributed by atoms with Gasteiger partial charge in [-0.15, -0.1) is 0 Å². The molecule has 4 heteroatoms. The molecule has 1 atom stereocenters. The van der Waals surface area contributed by atoms with Gasteiger partial charge < -0.3 is 10.0 Å². The highest BCUT2D eigenvalue weighted by atomic mass is 16.4. The predicted octanol–water partition coefficient (Wildman–Crippen LogP) is 3.30. The van der Waals surface area contributed by atoms with Crippen LogP contribution in [0.5, 0.6) is 0 Å². The normalized spacial score (nSPS) is 15.5. The Balaban J connectivity index is 2.03. The fourth-order valence-corrected chi connectivity index (χ4v) is 2.65. The smallest absolute Gasteiger partial charge is 0.308 e. The fourth-order valence-electron chi connectivity index (χ4n) is 2.65. The monoisotopic (exact) mass is 297 g/mol. The Bertz CT molecular complexity index is 716.